The molecule has 0 saturated carbocycles. The fourth-order valence-corrected chi connectivity index (χ4v) is 2.00. The van der Waals surface area contributed by atoms with E-state index in [2.05, 4.69) is 9.97 Å². The molecule has 0 N–H and O–H groups in total. The van der Waals surface area contributed by atoms with Crippen molar-refractivity contribution in [3.63, 3.8) is 0 Å². The number of aromatic nitrogens is 2. The Labute approximate surface area is 113 Å². The molecule has 2 rings (SSSR count). The SMILES string of the molecule is Cc1cc(C)cc(-c2cc(Cl)nc(C(F)(F)F)n2)c1. The summed E-state index contributed by atoms with van der Waals surface area (Å²) in [6.45, 7) is 3.73. The van der Waals surface area contributed by atoms with E-state index in [0.717, 1.165) is 11.1 Å². The van der Waals surface area contributed by atoms with Gasteiger partial charge >= 0.3 is 6.18 Å². The first-order chi connectivity index (χ1) is 8.75. The summed E-state index contributed by atoms with van der Waals surface area (Å²) in [5, 5.41) is -0.225. The van der Waals surface area contributed by atoms with Gasteiger partial charge in [-0.1, -0.05) is 28.8 Å². The van der Waals surface area contributed by atoms with Gasteiger partial charge in [0.1, 0.15) is 5.15 Å². The standard InChI is InChI=1S/C13H10ClF3N2/c1-7-3-8(2)5-9(4-7)10-6-11(14)19-12(18-10)13(15,16)17/h3-6H,1-2H3. The Morgan fingerprint density at radius 2 is 1.53 bits per heavy atom. The van der Waals surface area contributed by atoms with Crippen LogP contribution in [0.5, 0.6) is 0 Å². The molecule has 100 valence electrons. The van der Waals surface area contributed by atoms with Crippen molar-refractivity contribution in [2.24, 2.45) is 0 Å². The van der Waals surface area contributed by atoms with Gasteiger partial charge in [-0.25, -0.2) is 9.97 Å². The molecule has 0 fully saturated rings. The third-order valence-corrected chi connectivity index (χ3v) is 2.66. The number of hydrogen-bond donors (Lipinski definition) is 0. The Morgan fingerprint density at radius 3 is 2.05 bits per heavy atom. The summed E-state index contributed by atoms with van der Waals surface area (Å²) in [6, 6.07) is 6.76. The average molecular weight is 287 g/mol. The minimum Gasteiger partial charge on any atom is -0.224 e. The van der Waals surface area contributed by atoms with E-state index in [0.29, 0.717) is 5.56 Å². The largest absolute Gasteiger partial charge is 0.451 e. The summed E-state index contributed by atoms with van der Waals surface area (Å²) in [4.78, 5) is 6.74. The van der Waals surface area contributed by atoms with Crippen molar-refractivity contribution in [3.8, 4) is 11.3 Å². The zero-order valence-electron chi connectivity index (χ0n) is 10.2. The molecule has 0 atom stereocenters. The summed E-state index contributed by atoms with van der Waals surface area (Å²) in [6.07, 6.45) is -4.61. The van der Waals surface area contributed by atoms with Crippen LogP contribution in [0.3, 0.4) is 0 Å². The molecule has 0 aliphatic heterocycles. The lowest BCUT2D eigenvalue weighted by Gasteiger charge is -2.09. The van der Waals surface area contributed by atoms with Crippen LogP contribution in [0.15, 0.2) is 24.3 Å². The lowest BCUT2D eigenvalue weighted by Crippen LogP contribution is -2.11. The second-order valence-electron chi connectivity index (χ2n) is 4.27. The van der Waals surface area contributed by atoms with Crippen molar-refractivity contribution in [2.45, 2.75) is 20.0 Å². The average Bonchev–Trinajstić information content (AvgIpc) is 2.25. The maximum Gasteiger partial charge on any atom is 0.451 e. The van der Waals surface area contributed by atoms with Crippen LogP contribution in [-0.2, 0) is 6.18 Å². The van der Waals surface area contributed by atoms with Gasteiger partial charge in [-0.2, -0.15) is 13.2 Å². The van der Waals surface area contributed by atoms with Gasteiger partial charge in [0.2, 0.25) is 5.82 Å². The van der Waals surface area contributed by atoms with Crippen molar-refractivity contribution >= 4 is 11.6 Å². The molecule has 0 bridgehead atoms. The number of nitrogens with zero attached hydrogens (tertiary/aromatic N) is 2. The monoisotopic (exact) mass is 286 g/mol. The molecule has 1 aromatic heterocycles. The predicted octanol–water partition coefficient (Wildman–Crippen LogP) is 4.43. The van der Waals surface area contributed by atoms with Gasteiger partial charge in [-0.05, 0) is 26.0 Å². The van der Waals surface area contributed by atoms with Gasteiger partial charge < -0.3 is 0 Å². The minimum absolute atomic E-state index is 0.166. The van der Waals surface area contributed by atoms with Crippen LogP contribution in [0.1, 0.15) is 17.0 Å². The zero-order chi connectivity index (χ0) is 14.2. The Kier molecular flexibility index (Phi) is 3.49. The molecule has 0 aliphatic carbocycles. The summed E-state index contributed by atoms with van der Waals surface area (Å²) < 4.78 is 37.9. The van der Waals surface area contributed by atoms with Gasteiger partial charge in [-0.3, -0.25) is 0 Å². The Morgan fingerprint density at radius 1 is 0.947 bits per heavy atom. The number of aryl methyl sites for hydroxylation is 2. The lowest BCUT2D eigenvalue weighted by molar-refractivity contribution is -0.144. The molecule has 6 heteroatoms. The van der Waals surface area contributed by atoms with Crippen molar-refractivity contribution in [1.29, 1.82) is 0 Å². The van der Waals surface area contributed by atoms with Gasteiger partial charge in [0.15, 0.2) is 0 Å². The van der Waals surface area contributed by atoms with Crippen LogP contribution in [-0.4, -0.2) is 9.97 Å². The molecule has 19 heavy (non-hydrogen) atoms. The highest BCUT2D eigenvalue weighted by atomic mass is 35.5. The highest BCUT2D eigenvalue weighted by Crippen LogP contribution is 2.30. The van der Waals surface area contributed by atoms with Crippen LogP contribution in [0.2, 0.25) is 5.15 Å². The maximum absolute atomic E-state index is 12.6. The van der Waals surface area contributed by atoms with Crippen LogP contribution >= 0.6 is 11.6 Å². The van der Waals surface area contributed by atoms with Gasteiger partial charge in [-0.15, -0.1) is 0 Å². The number of alkyl halides is 3. The van der Waals surface area contributed by atoms with Crippen molar-refractivity contribution < 1.29 is 13.2 Å². The van der Waals surface area contributed by atoms with Crippen LogP contribution in [0.4, 0.5) is 13.2 Å². The number of rotatable bonds is 1. The van der Waals surface area contributed by atoms with Crippen LogP contribution in [0, 0.1) is 13.8 Å². The third kappa shape index (κ3) is 3.23. The van der Waals surface area contributed by atoms with Crippen molar-refractivity contribution in [1.82, 2.24) is 9.97 Å². The minimum atomic E-state index is -4.61. The van der Waals surface area contributed by atoms with Crippen molar-refractivity contribution in [3.05, 3.63) is 46.4 Å². The maximum atomic E-state index is 12.6. The number of halogens is 4. The molecule has 0 aliphatic rings. The molecular formula is C13H10ClF3N2. The molecular weight excluding hydrogens is 277 g/mol. The fraction of sp³-hybridized carbons (Fsp3) is 0.231. The second-order valence-corrected chi connectivity index (χ2v) is 4.66. The first-order valence-corrected chi connectivity index (χ1v) is 5.84. The smallest absolute Gasteiger partial charge is 0.224 e. The Balaban J connectivity index is 2.59. The van der Waals surface area contributed by atoms with E-state index >= 15 is 0 Å². The molecule has 0 amide bonds. The normalized spacial score (nSPS) is 11.7. The first-order valence-electron chi connectivity index (χ1n) is 5.46. The van der Waals surface area contributed by atoms with Gasteiger partial charge in [0, 0.05) is 11.6 Å². The summed E-state index contributed by atoms with van der Waals surface area (Å²) >= 11 is 5.63. The van der Waals surface area contributed by atoms with E-state index in [1.165, 1.54) is 6.07 Å². The molecule has 2 nitrogen and oxygen atoms in total. The molecule has 0 unspecified atom stereocenters. The fourth-order valence-electron chi connectivity index (χ4n) is 1.81. The highest BCUT2D eigenvalue weighted by Gasteiger charge is 2.35. The van der Waals surface area contributed by atoms with E-state index < -0.39 is 12.0 Å². The lowest BCUT2D eigenvalue weighted by atomic mass is 10.0. The molecule has 0 saturated heterocycles. The first kappa shape index (κ1) is 13.8. The highest BCUT2D eigenvalue weighted by molar-refractivity contribution is 6.29. The van der Waals surface area contributed by atoms with Crippen LogP contribution in [0.25, 0.3) is 11.3 Å². The summed E-state index contributed by atoms with van der Waals surface area (Å²) in [5.74, 6) is -1.23. The molecule has 1 heterocycles. The number of hydrogen-bond acceptors (Lipinski definition) is 2. The van der Waals surface area contributed by atoms with Crippen LogP contribution < -0.4 is 0 Å². The van der Waals surface area contributed by atoms with E-state index in [9.17, 15) is 13.2 Å². The Bertz CT molecular complexity index is 604. The summed E-state index contributed by atoms with van der Waals surface area (Å²) in [5.41, 5.74) is 2.64. The van der Waals surface area contributed by atoms with E-state index in [1.807, 2.05) is 19.9 Å². The van der Waals surface area contributed by atoms with Crippen molar-refractivity contribution in [2.75, 3.05) is 0 Å². The Hall–Kier alpha value is -1.62. The van der Waals surface area contributed by atoms with E-state index in [1.54, 1.807) is 12.1 Å². The van der Waals surface area contributed by atoms with E-state index in [-0.39, 0.29) is 10.8 Å². The second kappa shape index (κ2) is 4.81. The summed E-state index contributed by atoms with van der Waals surface area (Å²) in [7, 11) is 0. The van der Waals surface area contributed by atoms with E-state index in [4.69, 9.17) is 11.6 Å². The van der Waals surface area contributed by atoms with Gasteiger partial charge in [0.05, 0.1) is 5.69 Å². The van der Waals surface area contributed by atoms with Gasteiger partial charge in [0.25, 0.3) is 0 Å². The number of benzene rings is 1. The molecule has 0 radical (unpaired) electrons. The molecule has 2 aromatic rings. The predicted molar refractivity (Wildman–Crippen MR) is 67.0 cm³/mol. The molecule has 1 aromatic carbocycles. The quantitative estimate of drug-likeness (QED) is 0.725. The zero-order valence-corrected chi connectivity index (χ0v) is 11.0. The topological polar surface area (TPSA) is 25.8 Å². The molecule has 0 spiro atoms. The third-order valence-electron chi connectivity index (χ3n) is 2.47.